The molecular weight excluding hydrogens is 198 g/mol. The fourth-order valence-electron chi connectivity index (χ4n) is 0.973. The van der Waals surface area contributed by atoms with Crippen LogP contribution in [0.1, 0.15) is 5.56 Å². The van der Waals surface area contributed by atoms with Gasteiger partial charge in [-0.1, -0.05) is 12.1 Å². The monoisotopic (exact) mass is 215 g/mol. The van der Waals surface area contributed by atoms with E-state index in [9.17, 15) is 4.79 Å². The van der Waals surface area contributed by atoms with Crippen molar-refractivity contribution in [3.63, 3.8) is 0 Å². The van der Waals surface area contributed by atoms with Crippen molar-refractivity contribution in [2.45, 2.75) is 12.5 Å². The summed E-state index contributed by atoms with van der Waals surface area (Å²) in [6, 6.07) is 5.42. The van der Waals surface area contributed by atoms with Gasteiger partial charge in [-0.15, -0.1) is 0 Å². The number of phenols is 1. The highest BCUT2D eigenvalue weighted by atomic mass is 16.4. The molecule has 0 amide bonds. The summed E-state index contributed by atoms with van der Waals surface area (Å²) >= 11 is 0. The average Bonchev–Trinajstić information content (AvgIpc) is 2.08. The lowest BCUT2D eigenvalue weighted by Gasteiger charge is -2.05. The van der Waals surface area contributed by atoms with E-state index in [0.29, 0.717) is 0 Å². The molecule has 0 heterocycles. The predicted octanol–water partition coefficient (Wildman–Crippen LogP) is 0.671. The Labute approximate surface area is 87.9 Å². The molecule has 86 valence electrons. The zero-order chi connectivity index (χ0) is 9.84. The van der Waals surface area contributed by atoms with E-state index < -0.39 is 12.0 Å². The third kappa shape index (κ3) is 4.96. The van der Waals surface area contributed by atoms with Gasteiger partial charge in [0.1, 0.15) is 11.8 Å². The summed E-state index contributed by atoms with van der Waals surface area (Å²) in [5.74, 6) is -0.860. The Balaban J connectivity index is 0. The van der Waals surface area contributed by atoms with Gasteiger partial charge >= 0.3 is 5.97 Å². The summed E-state index contributed by atoms with van der Waals surface area (Å²) < 4.78 is 0. The molecule has 1 rings (SSSR count). The maximum absolute atomic E-state index is 10.4. The molecule has 1 aromatic carbocycles. The number of phenolic OH excluding ortho intramolecular Hbond substituents is 1. The van der Waals surface area contributed by atoms with E-state index in [1.54, 1.807) is 12.1 Å². The summed E-state index contributed by atoms with van der Waals surface area (Å²) in [5.41, 5.74) is 6.12. The van der Waals surface area contributed by atoms with Crippen LogP contribution < -0.4 is 18.0 Å². The molecule has 0 spiro atoms. The number of rotatable bonds is 3. The van der Waals surface area contributed by atoms with Gasteiger partial charge < -0.3 is 28.2 Å². The minimum Gasteiger partial charge on any atom is -0.508 e. The lowest BCUT2D eigenvalue weighted by molar-refractivity contribution is -0.138. The number of hydrogen-bond acceptors (Lipinski definition) is 5. The Kier molecular flexibility index (Phi) is 7.14. The van der Waals surface area contributed by atoms with Gasteiger partial charge in [0.2, 0.25) is 0 Å². The molecule has 0 saturated carbocycles. The fraction of sp³-hybridized carbons (Fsp3) is 0.222. The summed E-state index contributed by atoms with van der Waals surface area (Å²) in [7, 11) is 0. The number of hydrogen-bond donors (Lipinski definition) is 5. The van der Waals surface area contributed by atoms with E-state index in [-0.39, 0.29) is 24.5 Å². The molecule has 0 saturated heterocycles. The van der Waals surface area contributed by atoms with E-state index in [0.717, 1.165) is 5.56 Å². The Bertz CT molecular complexity index is 300. The van der Waals surface area contributed by atoms with Crippen molar-refractivity contribution < 1.29 is 15.0 Å². The van der Waals surface area contributed by atoms with Crippen LogP contribution in [0.2, 0.25) is 0 Å². The lowest BCUT2D eigenvalue weighted by atomic mass is 10.1. The molecule has 1 aromatic rings. The second-order valence-corrected chi connectivity index (χ2v) is 2.82. The summed E-state index contributed by atoms with van der Waals surface area (Å²) in [5, 5.41) is 17.5. The molecule has 6 heteroatoms. The molecule has 0 aromatic heterocycles. The van der Waals surface area contributed by atoms with Gasteiger partial charge in [0.15, 0.2) is 0 Å². The second-order valence-electron chi connectivity index (χ2n) is 2.82. The van der Waals surface area contributed by atoms with Gasteiger partial charge in [-0.05, 0) is 24.1 Å². The third-order valence-corrected chi connectivity index (χ3v) is 1.71. The standard InChI is InChI=1S/C9H11NO3.2H3N/c10-8(9(12)13)5-6-1-3-7(11)4-2-6;;/h1-4,8,11H,5,10H2,(H,12,13);2*1H3. The normalized spacial score (nSPS) is 10.7. The molecule has 1 unspecified atom stereocenters. The van der Waals surface area contributed by atoms with Crippen molar-refractivity contribution >= 4 is 5.97 Å². The maximum atomic E-state index is 10.4. The maximum Gasteiger partial charge on any atom is 0.320 e. The Morgan fingerprint density at radius 2 is 1.73 bits per heavy atom. The number of aromatic hydroxyl groups is 1. The minimum atomic E-state index is -1.02. The van der Waals surface area contributed by atoms with Crippen LogP contribution in [0.5, 0.6) is 5.75 Å². The molecule has 1 atom stereocenters. The number of carboxylic acid groups (broad SMARTS) is 1. The van der Waals surface area contributed by atoms with E-state index in [2.05, 4.69) is 0 Å². The molecule has 10 N–H and O–H groups in total. The second kappa shape index (κ2) is 6.77. The molecule has 0 fully saturated rings. The fourth-order valence-corrected chi connectivity index (χ4v) is 0.973. The van der Waals surface area contributed by atoms with Crippen LogP contribution in [0.25, 0.3) is 0 Å². The SMILES string of the molecule is N.N.NC(Cc1ccc(O)cc1)C(=O)O. The van der Waals surface area contributed by atoms with E-state index in [1.807, 2.05) is 0 Å². The zero-order valence-electron chi connectivity index (χ0n) is 8.39. The summed E-state index contributed by atoms with van der Waals surface area (Å²) in [6.45, 7) is 0. The largest absolute Gasteiger partial charge is 0.508 e. The quantitative estimate of drug-likeness (QED) is 0.499. The van der Waals surface area contributed by atoms with E-state index >= 15 is 0 Å². The van der Waals surface area contributed by atoms with Crippen molar-refractivity contribution in [1.29, 1.82) is 0 Å². The molecule has 6 nitrogen and oxygen atoms in total. The number of benzene rings is 1. The van der Waals surface area contributed by atoms with Crippen LogP contribution in [0.3, 0.4) is 0 Å². The van der Waals surface area contributed by atoms with Gasteiger partial charge in [-0.25, -0.2) is 0 Å². The Hall–Kier alpha value is -1.63. The van der Waals surface area contributed by atoms with Crippen molar-refractivity contribution in [1.82, 2.24) is 12.3 Å². The van der Waals surface area contributed by atoms with Crippen LogP contribution in [-0.2, 0) is 11.2 Å². The van der Waals surface area contributed by atoms with Crippen LogP contribution in [0.4, 0.5) is 0 Å². The van der Waals surface area contributed by atoms with Crippen molar-refractivity contribution in [2.75, 3.05) is 0 Å². The van der Waals surface area contributed by atoms with E-state index in [4.69, 9.17) is 15.9 Å². The van der Waals surface area contributed by atoms with E-state index in [1.165, 1.54) is 12.1 Å². The Morgan fingerprint density at radius 3 is 2.13 bits per heavy atom. The summed E-state index contributed by atoms with van der Waals surface area (Å²) in [6.07, 6.45) is 0.273. The van der Waals surface area contributed by atoms with Gasteiger partial charge in [-0.3, -0.25) is 4.79 Å². The minimum absolute atomic E-state index is 0. The molecule has 0 radical (unpaired) electrons. The first-order chi connectivity index (χ1) is 6.09. The van der Waals surface area contributed by atoms with Crippen LogP contribution in [0.15, 0.2) is 24.3 Å². The number of aliphatic carboxylic acids is 1. The van der Waals surface area contributed by atoms with Gasteiger partial charge in [0.25, 0.3) is 0 Å². The molecule has 0 bridgehead atoms. The predicted molar refractivity (Wildman–Crippen MR) is 57.5 cm³/mol. The highest BCUT2D eigenvalue weighted by Crippen LogP contribution is 2.10. The van der Waals surface area contributed by atoms with Crippen LogP contribution >= 0.6 is 0 Å². The number of carbonyl (C=O) groups is 1. The smallest absolute Gasteiger partial charge is 0.320 e. The van der Waals surface area contributed by atoms with Gasteiger partial charge in [0.05, 0.1) is 0 Å². The molecular formula is C9H17N3O3. The van der Waals surface area contributed by atoms with Crippen LogP contribution in [-0.4, -0.2) is 22.2 Å². The highest BCUT2D eigenvalue weighted by molar-refractivity contribution is 5.73. The first kappa shape index (κ1) is 15.8. The molecule has 0 aliphatic rings. The molecule has 0 aliphatic carbocycles. The summed E-state index contributed by atoms with van der Waals surface area (Å²) in [4.78, 5) is 10.4. The Morgan fingerprint density at radius 1 is 1.27 bits per heavy atom. The average molecular weight is 215 g/mol. The van der Waals surface area contributed by atoms with Crippen molar-refractivity contribution in [2.24, 2.45) is 5.73 Å². The highest BCUT2D eigenvalue weighted by Gasteiger charge is 2.11. The third-order valence-electron chi connectivity index (χ3n) is 1.71. The van der Waals surface area contributed by atoms with Gasteiger partial charge in [-0.2, -0.15) is 0 Å². The molecule has 15 heavy (non-hydrogen) atoms. The number of nitrogens with two attached hydrogens (primary N) is 1. The topological polar surface area (TPSA) is 154 Å². The zero-order valence-corrected chi connectivity index (χ0v) is 8.39. The van der Waals surface area contributed by atoms with Gasteiger partial charge in [0, 0.05) is 0 Å². The number of carboxylic acids is 1. The molecule has 0 aliphatic heterocycles. The first-order valence-corrected chi connectivity index (χ1v) is 3.86. The van der Waals surface area contributed by atoms with Crippen molar-refractivity contribution in [3.05, 3.63) is 29.8 Å². The first-order valence-electron chi connectivity index (χ1n) is 3.86. The van der Waals surface area contributed by atoms with Crippen molar-refractivity contribution in [3.8, 4) is 5.75 Å². The lowest BCUT2D eigenvalue weighted by Crippen LogP contribution is -2.32. The van der Waals surface area contributed by atoms with Crippen LogP contribution in [0, 0.1) is 0 Å².